The predicted molar refractivity (Wildman–Crippen MR) is 149 cm³/mol. The number of methoxy groups -OCH3 is 1. The zero-order chi connectivity index (χ0) is 31.0. The van der Waals surface area contributed by atoms with Crippen molar-refractivity contribution in [2.45, 2.75) is 46.0 Å². The highest BCUT2D eigenvalue weighted by molar-refractivity contribution is 7.90. The topological polar surface area (TPSA) is 141 Å². The van der Waals surface area contributed by atoms with E-state index in [1.165, 1.54) is 46.3 Å². The number of amides is 1. The molecule has 0 aliphatic rings. The van der Waals surface area contributed by atoms with Gasteiger partial charge in [-0.2, -0.15) is 23.3 Å². The first-order valence-electron chi connectivity index (χ1n) is 12.6. The number of nitrogens with zero attached hydrogens (tertiary/aromatic N) is 5. The Morgan fingerprint density at radius 1 is 1.00 bits per heavy atom. The van der Waals surface area contributed by atoms with E-state index in [9.17, 15) is 26.4 Å². The number of aryl methyl sites for hydroxylation is 3. The minimum atomic E-state index is -4.71. The van der Waals surface area contributed by atoms with Crippen LogP contribution in [0.3, 0.4) is 0 Å². The molecule has 3 heterocycles. The molecule has 11 nitrogen and oxygen atoms in total. The molecular weight excluding hydrogens is 575 g/mol. The van der Waals surface area contributed by atoms with Gasteiger partial charge in [-0.25, -0.2) is 27.8 Å². The molecule has 0 unspecified atom stereocenters. The molecule has 3 aromatic heterocycles. The number of hydrogen-bond acceptors (Lipinski definition) is 9. The van der Waals surface area contributed by atoms with Crippen LogP contribution in [0.4, 0.5) is 24.8 Å². The molecule has 0 saturated carbocycles. The molecular formula is C27H28F3N7O4S. The average Bonchev–Trinajstić information content (AvgIpc) is 3.29. The number of aromatic nitrogens is 5. The molecule has 0 spiro atoms. The number of ether oxygens (including phenoxy) is 1. The Balaban J connectivity index is 1.88. The summed E-state index contributed by atoms with van der Waals surface area (Å²) in [4.78, 5) is 25.9. The van der Waals surface area contributed by atoms with Crippen molar-refractivity contribution in [2.24, 2.45) is 0 Å². The molecule has 4 rings (SSSR count). The van der Waals surface area contributed by atoms with Gasteiger partial charge in [-0.15, -0.1) is 0 Å². The van der Waals surface area contributed by atoms with Crippen molar-refractivity contribution in [3.63, 3.8) is 0 Å². The van der Waals surface area contributed by atoms with Crippen LogP contribution in [-0.4, -0.2) is 51.4 Å². The summed E-state index contributed by atoms with van der Waals surface area (Å²) in [5.41, 5.74) is 1.74. The van der Waals surface area contributed by atoms with Crippen molar-refractivity contribution in [2.75, 3.05) is 12.4 Å². The third-order valence-electron chi connectivity index (χ3n) is 6.08. The summed E-state index contributed by atoms with van der Waals surface area (Å²) >= 11 is 0. The quantitative estimate of drug-likeness (QED) is 0.288. The monoisotopic (exact) mass is 603 g/mol. The van der Waals surface area contributed by atoms with Crippen molar-refractivity contribution in [1.29, 1.82) is 0 Å². The summed E-state index contributed by atoms with van der Waals surface area (Å²) < 4.78 is 73.4. The number of carbonyl (C=O) groups excluding carboxylic acids is 1. The third kappa shape index (κ3) is 6.51. The van der Waals surface area contributed by atoms with E-state index in [1.54, 1.807) is 0 Å². The molecule has 0 fully saturated rings. The van der Waals surface area contributed by atoms with Crippen molar-refractivity contribution in [1.82, 2.24) is 29.5 Å². The fourth-order valence-corrected chi connectivity index (χ4v) is 4.63. The first-order chi connectivity index (χ1) is 19.6. The number of halogens is 3. The zero-order valence-electron chi connectivity index (χ0n) is 23.5. The number of nitrogens with one attached hydrogen (secondary N) is 2. The van der Waals surface area contributed by atoms with E-state index >= 15 is 0 Å². The SMILES string of the molecule is COc1ncc(-c2cnc(Nc3cc(C)cc(C)c3)nc2-n2nc(C(F)(F)F)cc2C)cc1C(=O)NS(=O)(=O)C(C)C. The molecule has 42 heavy (non-hydrogen) atoms. The lowest BCUT2D eigenvalue weighted by atomic mass is 10.1. The lowest BCUT2D eigenvalue weighted by molar-refractivity contribution is -0.141. The second kappa shape index (κ2) is 11.4. The Bertz CT molecular complexity index is 1750. The second-order valence-electron chi connectivity index (χ2n) is 9.82. The van der Waals surface area contributed by atoms with Gasteiger partial charge >= 0.3 is 6.18 Å². The van der Waals surface area contributed by atoms with Gasteiger partial charge in [0.05, 0.1) is 12.4 Å². The summed E-state index contributed by atoms with van der Waals surface area (Å²) in [5.74, 6) is -1.14. The molecule has 0 aliphatic heterocycles. The number of hydrogen-bond donors (Lipinski definition) is 2. The van der Waals surface area contributed by atoms with Gasteiger partial charge in [0.25, 0.3) is 5.91 Å². The van der Waals surface area contributed by atoms with Crippen LogP contribution in [0.2, 0.25) is 0 Å². The minimum absolute atomic E-state index is 0.0435. The number of sulfonamides is 1. The van der Waals surface area contributed by atoms with Gasteiger partial charge < -0.3 is 10.1 Å². The molecule has 0 radical (unpaired) electrons. The van der Waals surface area contributed by atoms with Crippen molar-refractivity contribution in [3.05, 3.63) is 70.8 Å². The highest BCUT2D eigenvalue weighted by Crippen LogP contribution is 2.33. The van der Waals surface area contributed by atoms with Crippen LogP contribution in [-0.2, 0) is 16.2 Å². The molecule has 0 aliphatic carbocycles. The summed E-state index contributed by atoms with van der Waals surface area (Å²) in [7, 11) is -2.74. The normalized spacial score (nSPS) is 12.0. The number of anilines is 2. The van der Waals surface area contributed by atoms with E-state index in [2.05, 4.69) is 25.4 Å². The van der Waals surface area contributed by atoms with Crippen molar-refractivity contribution < 1.29 is 31.1 Å². The molecule has 222 valence electrons. The first-order valence-corrected chi connectivity index (χ1v) is 14.1. The van der Waals surface area contributed by atoms with E-state index in [-0.39, 0.29) is 40.0 Å². The number of alkyl halides is 3. The Morgan fingerprint density at radius 3 is 2.24 bits per heavy atom. The maximum absolute atomic E-state index is 13.5. The predicted octanol–water partition coefficient (Wildman–Crippen LogP) is 4.89. The average molecular weight is 604 g/mol. The molecule has 0 atom stereocenters. The van der Waals surface area contributed by atoms with E-state index in [1.807, 2.05) is 36.8 Å². The molecule has 4 aromatic rings. The van der Waals surface area contributed by atoms with Gasteiger partial charge in [-0.05, 0) is 70.0 Å². The second-order valence-corrected chi connectivity index (χ2v) is 12.1. The highest BCUT2D eigenvalue weighted by Gasteiger charge is 2.35. The van der Waals surface area contributed by atoms with Crippen LogP contribution in [0.15, 0.2) is 42.7 Å². The van der Waals surface area contributed by atoms with Gasteiger partial charge in [0.15, 0.2) is 11.5 Å². The fourth-order valence-electron chi connectivity index (χ4n) is 4.03. The van der Waals surface area contributed by atoms with Crippen LogP contribution in [0.1, 0.15) is 46.7 Å². The lowest BCUT2D eigenvalue weighted by Crippen LogP contribution is -2.36. The van der Waals surface area contributed by atoms with Gasteiger partial charge in [0.1, 0.15) is 5.56 Å². The molecule has 1 aromatic carbocycles. The number of rotatable bonds is 8. The summed E-state index contributed by atoms with van der Waals surface area (Å²) in [5, 5.41) is 5.91. The number of pyridine rings is 1. The smallest absolute Gasteiger partial charge is 0.435 e. The molecule has 15 heteroatoms. The van der Waals surface area contributed by atoms with Crippen molar-refractivity contribution >= 4 is 27.6 Å². The molecule has 0 bridgehead atoms. The molecule has 1 amide bonds. The maximum atomic E-state index is 13.5. The van der Waals surface area contributed by atoms with E-state index in [0.717, 1.165) is 21.9 Å². The summed E-state index contributed by atoms with van der Waals surface area (Å²) in [6.07, 6.45) is -2.06. The molecule has 2 N–H and O–H groups in total. The van der Waals surface area contributed by atoms with Crippen LogP contribution in [0.5, 0.6) is 5.88 Å². The first kappa shape index (κ1) is 30.4. The highest BCUT2D eigenvalue weighted by atomic mass is 32.2. The van der Waals surface area contributed by atoms with Gasteiger partial charge in [-0.1, -0.05) is 6.07 Å². The van der Waals surface area contributed by atoms with Crippen LogP contribution >= 0.6 is 0 Å². The Morgan fingerprint density at radius 2 is 1.67 bits per heavy atom. The van der Waals surface area contributed by atoms with Gasteiger partial charge in [0, 0.05) is 34.9 Å². The largest absolute Gasteiger partial charge is 0.480 e. The Hall–Kier alpha value is -4.53. The zero-order valence-corrected chi connectivity index (χ0v) is 24.3. The van der Waals surface area contributed by atoms with Gasteiger partial charge in [0.2, 0.25) is 21.9 Å². The van der Waals surface area contributed by atoms with Crippen molar-refractivity contribution in [3.8, 4) is 22.8 Å². The van der Waals surface area contributed by atoms with Crippen LogP contribution in [0.25, 0.3) is 16.9 Å². The standard InChI is InChI=1S/C27H28F3N7O4S/c1-14(2)42(39,40)36-24(38)20-11-18(12-31-25(20)41-6)21-13-32-26(33-19-8-15(3)7-16(4)9-19)34-23(21)37-17(5)10-22(35-37)27(28,29)30/h7-14H,1-6H3,(H,36,38)(H,32,33,34). The van der Waals surface area contributed by atoms with Crippen LogP contribution < -0.4 is 14.8 Å². The summed E-state index contributed by atoms with van der Waals surface area (Å²) in [6, 6.07) is 7.86. The third-order valence-corrected chi connectivity index (χ3v) is 7.79. The van der Waals surface area contributed by atoms with E-state index < -0.39 is 33.1 Å². The summed E-state index contributed by atoms with van der Waals surface area (Å²) in [6.45, 7) is 8.07. The van der Waals surface area contributed by atoms with Gasteiger partial charge in [-0.3, -0.25) is 4.79 Å². The van der Waals surface area contributed by atoms with Crippen LogP contribution in [0, 0.1) is 20.8 Å². The Labute approximate surface area is 240 Å². The molecule has 0 saturated heterocycles. The van der Waals surface area contributed by atoms with E-state index in [0.29, 0.717) is 5.69 Å². The minimum Gasteiger partial charge on any atom is -0.480 e. The number of carbonyl (C=O) groups is 1. The number of benzene rings is 1. The maximum Gasteiger partial charge on any atom is 0.435 e. The Kier molecular flexibility index (Phi) is 8.25. The lowest BCUT2D eigenvalue weighted by Gasteiger charge is -2.15. The van der Waals surface area contributed by atoms with E-state index in [4.69, 9.17) is 4.74 Å². The fraction of sp³-hybridized carbons (Fsp3) is 0.296.